The highest BCUT2D eigenvalue weighted by Crippen LogP contribution is 2.13. The smallest absolute Gasteiger partial charge is 0.323 e. The molecule has 0 atom stereocenters. The molecule has 1 heterocycles. The first-order valence-electron chi connectivity index (χ1n) is 5.83. The number of sulfonamides is 1. The summed E-state index contributed by atoms with van der Waals surface area (Å²) in [5, 5.41) is 8.73. The van der Waals surface area contributed by atoms with Gasteiger partial charge in [0.2, 0.25) is 15.9 Å². The predicted molar refractivity (Wildman–Crippen MR) is 66.1 cm³/mol. The van der Waals surface area contributed by atoms with Gasteiger partial charge in [0, 0.05) is 20.2 Å². The van der Waals surface area contributed by atoms with Crippen LogP contribution in [0.3, 0.4) is 0 Å². The Kier molecular flexibility index (Phi) is 5.70. The Morgan fingerprint density at radius 2 is 2.11 bits per heavy atom. The summed E-state index contributed by atoms with van der Waals surface area (Å²) in [6.07, 6.45) is 0.493. The van der Waals surface area contributed by atoms with Crippen molar-refractivity contribution in [3.8, 4) is 0 Å². The summed E-state index contributed by atoms with van der Waals surface area (Å²) < 4.78 is 29.0. The highest BCUT2D eigenvalue weighted by molar-refractivity contribution is 7.89. The Hall–Kier alpha value is -1.19. The van der Waals surface area contributed by atoms with Crippen LogP contribution in [0.4, 0.5) is 0 Å². The molecule has 1 fully saturated rings. The molecule has 110 valence electrons. The Morgan fingerprint density at radius 1 is 1.42 bits per heavy atom. The lowest BCUT2D eigenvalue weighted by Gasteiger charge is -2.23. The summed E-state index contributed by atoms with van der Waals surface area (Å²) in [7, 11) is -1.92. The summed E-state index contributed by atoms with van der Waals surface area (Å²) in [6, 6.07) is 0. The van der Waals surface area contributed by atoms with Crippen molar-refractivity contribution in [3.05, 3.63) is 0 Å². The number of hydrogen-bond donors (Lipinski definition) is 1. The highest BCUT2D eigenvalue weighted by atomic mass is 32.2. The van der Waals surface area contributed by atoms with Crippen molar-refractivity contribution in [2.75, 3.05) is 45.6 Å². The zero-order chi connectivity index (χ0) is 14.5. The Bertz CT molecular complexity index is 435. The lowest BCUT2D eigenvalue weighted by atomic mass is 10.4. The summed E-state index contributed by atoms with van der Waals surface area (Å²) in [6.45, 7) is -0.143. The van der Waals surface area contributed by atoms with Gasteiger partial charge in [0.15, 0.2) is 0 Å². The molecule has 0 spiro atoms. The van der Waals surface area contributed by atoms with Gasteiger partial charge in [-0.1, -0.05) is 0 Å². The lowest BCUT2D eigenvalue weighted by Crippen LogP contribution is -2.44. The van der Waals surface area contributed by atoms with Crippen LogP contribution in [0.1, 0.15) is 6.42 Å². The maximum Gasteiger partial charge on any atom is 0.323 e. The zero-order valence-electron chi connectivity index (χ0n) is 10.7. The number of carboxylic acids is 1. The standard InChI is InChI=1S/C10H18N2O6S/c1-18-5-4-11(8-10(14)15)9(13)7-12-3-2-6-19(12,16)17/h2-8H2,1H3,(H,14,15). The van der Waals surface area contributed by atoms with Crippen LogP contribution in [0.5, 0.6) is 0 Å². The van der Waals surface area contributed by atoms with Gasteiger partial charge in [-0.25, -0.2) is 8.42 Å². The molecule has 1 aliphatic heterocycles. The van der Waals surface area contributed by atoms with Gasteiger partial charge in [0.1, 0.15) is 6.54 Å². The van der Waals surface area contributed by atoms with Crippen LogP contribution in [0.25, 0.3) is 0 Å². The van der Waals surface area contributed by atoms with E-state index in [1.165, 1.54) is 7.11 Å². The Labute approximate surface area is 112 Å². The first kappa shape index (κ1) is 15.9. The third-order valence-electron chi connectivity index (χ3n) is 2.76. The first-order valence-corrected chi connectivity index (χ1v) is 7.44. The normalized spacial score (nSPS) is 18.4. The molecule has 0 aliphatic carbocycles. The fourth-order valence-corrected chi connectivity index (χ4v) is 3.24. The van der Waals surface area contributed by atoms with Crippen molar-refractivity contribution in [1.82, 2.24) is 9.21 Å². The van der Waals surface area contributed by atoms with Gasteiger partial charge in [0.25, 0.3) is 0 Å². The number of hydrogen-bond acceptors (Lipinski definition) is 5. The minimum Gasteiger partial charge on any atom is -0.480 e. The van der Waals surface area contributed by atoms with Gasteiger partial charge >= 0.3 is 5.97 Å². The topological polar surface area (TPSA) is 104 Å². The molecule has 0 unspecified atom stereocenters. The van der Waals surface area contributed by atoms with Gasteiger partial charge in [-0.2, -0.15) is 4.31 Å². The van der Waals surface area contributed by atoms with Crippen molar-refractivity contribution in [3.63, 3.8) is 0 Å². The molecule has 1 rings (SSSR count). The minimum absolute atomic E-state index is 0.0390. The molecule has 9 heteroatoms. The van der Waals surface area contributed by atoms with E-state index in [2.05, 4.69) is 0 Å². The van der Waals surface area contributed by atoms with Crippen LogP contribution in [-0.2, 0) is 24.3 Å². The Morgan fingerprint density at radius 3 is 2.58 bits per heavy atom. The van der Waals surface area contributed by atoms with E-state index in [-0.39, 0.29) is 25.4 Å². The number of amides is 1. The van der Waals surface area contributed by atoms with E-state index in [1.54, 1.807) is 0 Å². The maximum atomic E-state index is 11.9. The van der Waals surface area contributed by atoms with E-state index in [0.717, 1.165) is 9.21 Å². The van der Waals surface area contributed by atoms with Crippen molar-refractivity contribution in [2.45, 2.75) is 6.42 Å². The molecule has 0 aromatic heterocycles. The van der Waals surface area contributed by atoms with E-state index < -0.39 is 28.4 Å². The number of aliphatic carboxylic acids is 1. The fraction of sp³-hybridized carbons (Fsp3) is 0.800. The predicted octanol–water partition coefficient (Wildman–Crippen LogP) is -1.42. The largest absolute Gasteiger partial charge is 0.480 e. The number of ether oxygens (including phenoxy) is 1. The van der Waals surface area contributed by atoms with E-state index >= 15 is 0 Å². The molecule has 8 nitrogen and oxygen atoms in total. The van der Waals surface area contributed by atoms with Crippen molar-refractivity contribution in [1.29, 1.82) is 0 Å². The lowest BCUT2D eigenvalue weighted by molar-refractivity contribution is -0.144. The van der Waals surface area contributed by atoms with Crippen LogP contribution in [0.15, 0.2) is 0 Å². The molecule has 0 radical (unpaired) electrons. The Balaban J connectivity index is 2.63. The van der Waals surface area contributed by atoms with Crippen LogP contribution >= 0.6 is 0 Å². The van der Waals surface area contributed by atoms with E-state index in [4.69, 9.17) is 9.84 Å². The summed E-state index contributed by atoms with van der Waals surface area (Å²) in [4.78, 5) is 23.7. The van der Waals surface area contributed by atoms with Gasteiger partial charge in [-0.15, -0.1) is 0 Å². The summed E-state index contributed by atoms with van der Waals surface area (Å²) in [5.74, 6) is -1.63. The van der Waals surface area contributed by atoms with Crippen LogP contribution in [0, 0.1) is 0 Å². The monoisotopic (exact) mass is 294 g/mol. The first-order chi connectivity index (χ1) is 8.86. The zero-order valence-corrected chi connectivity index (χ0v) is 11.6. The molecule has 0 aromatic rings. The van der Waals surface area contributed by atoms with Crippen LogP contribution < -0.4 is 0 Å². The molecule has 0 aromatic carbocycles. The maximum absolute atomic E-state index is 11.9. The van der Waals surface area contributed by atoms with Crippen LogP contribution in [-0.4, -0.2) is 80.3 Å². The average Bonchev–Trinajstić information content (AvgIpc) is 2.63. The van der Waals surface area contributed by atoms with E-state index in [0.29, 0.717) is 13.0 Å². The van der Waals surface area contributed by atoms with Crippen LogP contribution in [0.2, 0.25) is 0 Å². The molecular formula is C10H18N2O6S. The molecule has 1 amide bonds. The summed E-state index contributed by atoms with van der Waals surface area (Å²) in [5.41, 5.74) is 0. The molecule has 0 bridgehead atoms. The third kappa shape index (κ3) is 4.77. The minimum atomic E-state index is -3.36. The average molecular weight is 294 g/mol. The number of carbonyl (C=O) groups excluding carboxylic acids is 1. The highest BCUT2D eigenvalue weighted by Gasteiger charge is 2.31. The number of rotatable bonds is 7. The number of nitrogens with zero attached hydrogens (tertiary/aromatic N) is 2. The van der Waals surface area contributed by atoms with Gasteiger partial charge < -0.3 is 14.7 Å². The van der Waals surface area contributed by atoms with Crippen molar-refractivity contribution >= 4 is 21.9 Å². The van der Waals surface area contributed by atoms with Gasteiger partial charge in [-0.05, 0) is 6.42 Å². The second-order valence-electron chi connectivity index (χ2n) is 4.20. The van der Waals surface area contributed by atoms with Gasteiger partial charge in [-0.3, -0.25) is 9.59 Å². The number of carboxylic acid groups (broad SMARTS) is 1. The molecule has 1 N–H and O–H groups in total. The second-order valence-corrected chi connectivity index (χ2v) is 6.29. The molecule has 1 saturated heterocycles. The summed E-state index contributed by atoms with van der Waals surface area (Å²) >= 11 is 0. The quantitative estimate of drug-likeness (QED) is 0.618. The number of carbonyl (C=O) groups is 2. The SMILES string of the molecule is COCCN(CC(=O)O)C(=O)CN1CCCS1(=O)=O. The fourth-order valence-electron chi connectivity index (χ4n) is 1.78. The number of methoxy groups -OCH3 is 1. The molecule has 0 saturated carbocycles. The van der Waals surface area contributed by atoms with E-state index in [1.807, 2.05) is 0 Å². The van der Waals surface area contributed by atoms with Crippen molar-refractivity contribution in [2.24, 2.45) is 0 Å². The van der Waals surface area contributed by atoms with E-state index in [9.17, 15) is 18.0 Å². The third-order valence-corrected chi connectivity index (χ3v) is 4.66. The second kappa shape index (κ2) is 6.83. The molecule has 1 aliphatic rings. The van der Waals surface area contributed by atoms with Gasteiger partial charge in [0.05, 0.1) is 18.9 Å². The molecular weight excluding hydrogens is 276 g/mol. The molecule has 19 heavy (non-hydrogen) atoms. The van der Waals surface area contributed by atoms with Crippen molar-refractivity contribution < 1.29 is 27.9 Å².